The van der Waals surface area contributed by atoms with Crippen molar-refractivity contribution in [1.29, 1.82) is 0 Å². The van der Waals surface area contributed by atoms with E-state index < -0.39 is 64.4 Å². The second kappa shape index (κ2) is 35.7. The molecule has 0 bridgehead atoms. The number of sulfonamides is 2. The predicted molar refractivity (Wildman–Crippen MR) is 394 cm³/mol. The zero-order chi connectivity index (χ0) is 73.9. The fourth-order valence-corrected chi connectivity index (χ4v) is 22.9. The van der Waals surface area contributed by atoms with Crippen LogP contribution in [0.3, 0.4) is 0 Å². The lowest BCUT2D eigenvalue weighted by atomic mass is 9.80. The highest BCUT2D eigenvalue weighted by Gasteiger charge is 2.40. The molecule has 31 heteroatoms. The van der Waals surface area contributed by atoms with Crippen LogP contribution in [0.4, 0.5) is 44.7 Å². The van der Waals surface area contributed by atoms with Gasteiger partial charge in [0.25, 0.3) is 20.4 Å². The van der Waals surface area contributed by atoms with Gasteiger partial charge in [-0.15, -0.1) is 13.2 Å². The quantitative estimate of drug-likeness (QED) is 0.0759. The highest BCUT2D eigenvalue weighted by atomic mass is 32.2. The molecule has 2 aliphatic carbocycles. The third-order valence-electron chi connectivity index (χ3n) is 21.5. The van der Waals surface area contributed by atoms with E-state index in [9.17, 15) is 55.6 Å². The molecule has 2 unspecified atom stereocenters. The largest absolute Gasteiger partial charge is 0.573 e. The summed E-state index contributed by atoms with van der Waals surface area (Å²) in [7, 11) is -9.22. The summed E-state index contributed by atoms with van der Waals surface area (Å²) >= 11 is 0. The summed E-state index contributed by atoms with van der Waals surface area (Å²) in [5, 5.41) is 0. The molecule has 4 atom stereocenters. The monoisotopic (exact) mass is 1520 g/mol. The second-order valence-electron chi connectivity index (χ2n) is 29.6. The van der Waals surface area contributed by atoms with Crippen LogP contribution >= 0.6 is 0 Å². The molecule has 6 fully saturated rings. The van der Waals surface area contributed by atoms with E-state index in [1.807, 2.05) is 52.0 Å². The maximum atomic E-state index is 15.0. The number of hydrogen-bond donors (Lipinski definition) is 0. The average Bonchev–Trinajstić information content (AvgIpc) is 0.807. The molecule has 0 spiro atoms. The van der Waals surface area contributed by atoms with Crippen molar-refractivity contribution in [3.8, 4) is 11.5 Å². The fraction of sp³-hybridized carbons (Fsp3) is 0.667. The van der Waals surface area contributed by atoms with Crippen molar-refractivity contribution >= 4 is 63.2 Å². The number of ether oxygens (including phenoxy) is 2. The zero-order valence-electron chi connectivity index (χ0n) is 60.9. The maximum Gasteiger partial charge on any atom is 0.573 e. The minimum atomic E-state index is -4.90. The SMILES string of the molecule is COc1c(N2CCN(S(=O)(=O)N3CCCN(CC4CCCC(CN(C)c5ccc(S(=O)(=O)N6CCCN(CC7CCCCC7)CCCN(S(=O)(=O)N7CCN(c8ccccc8OC(F)(F)F)CC7)C[C@@H](C)C6)cc5)C4)CCCN(S(=O)(=O)c4ccc(N(C)C)cc4)C[C@H](C)C3)CC2)ccc(F)c1F. The third kappa shape index (κ3) is 20.9. The number of para-hydroxylation sites is 2. The van der Waals surface area contributed by atoms with E-state index in [-0.39, 0.29) is 138 Å². The van der Waals surface area contributed by atoms with Crippen LogP contribution in [0.2, 0.25) is 0 Å². The molecule has 4 saturated heterocycles. The molecule has 2 saturated carbocycles. The summed E-state index contributed by atoms with van der Waals surface area (Å²) in [4.78, 5) is 12.6. The van der Waals surface area contributed by atoms with Gasteiger partial charge < -0.3 is 38.9 Å². The summed E-state index contributed by atoms with van der Waals surface area (Å²) in [6.07, 6.45) is 7.12. The number of benzene rings is 4. The molecule has 0 radical (unpaired) electrons. The molecule has 576 valence electrons. The number of methoxy groups -OCH3 is 1. The first kappa shape index (κ1) is 80.4. The van der Waals surface area contributed by atoms with Crippen molar-refractivity contribution in [3.63, 3.8) is 0 Å². The van der Waals surface area contributed by atoms with Crippen LogP contribution in [-0.4, -0.2) is 254 Å². The lowest BCUT2D eigenvalue weighted by molar-refractivity contribution is -0.274. The van der Waals surface area contributed by atoms with Gasteiger partial charge in [-0.3, -0.25) is 0 Å². The molecule has 103 heavy (non-hydrogen) atoms. The Balaban J connectivity index is 0.792. The van der Waals surface area contributed by atoms with Gasteiger partial charge in [-0.25, -0.2) is 21.2 Å². The fourth-order valence-electron chi connectivity index (χ4n) is 16.2. The lowest BCUT2D eigenvalue weighted by Crippen LogP contribution is -2.54. The van der Waals surface area contributed by atoms with Gasteiger partial charge in [-0.05, 0) is 186 Å². The Bertz CT molecular complexity index is 3850. The van der Waals surface area contributed by atoms with Gasteiger partial charge >= 0.3 is 6.36 Å². The minimum absolute atomic E-state index is 0.0357. The molecule has 10 rings (SSSR count). The summed E-state index contributed by atoms with van der Waals surface area (Å²) in [5.41, 5.74) is 2.26. The Morgan fingerprint density at radius 3 is 1.38 bits per heavy atom. The number of anilines is 4. The van der Waals surface area contributed by atoms with Crippen LogP contribution in [0.25, 0.3) is 0 Å². The van der Waals surface area contributed by atoms with Gasteiger partial charge in [0.2, 0.25) is 25.9 Å². The molecule has 4 heterocycles. The van der Waals surface area contributed by atoms with Crippen molar-refractivity contribution < 1.29 is 65.1 Å². The molecule has 4 aromatic carbocycles. The Morgan fingerprint density at radius 2 is 0.893 bits per heavy atom. The van der Waals surface area contributed by atoms with Crippen LogP contribution in [0, 0.1) is 41.2 Å². The zero-order valence-corrected chi connectivity index (χ0v) is 64.2. The van der Waals surface area contributed by atoms with Crippen LogP contribution in [-0.2, 0) is 40.5 Å². The highest BCUT2D eigenvalue weighted by Crippen LogP contribution is 2.38. The number of alkyl halides is 3. The average molecular weight is 1530 g/mol. The van der Waals surface area contributed by atoms with E-state index in [0.717, 1.165) is 75.6 Å². The predicted octanol–water partition coefficient (Wildman–Crippen LogP) is 9.64. The molecule has 22 nitrogen and oxygen atoms in total. The van der Waals surface area contributed by atoms with E-state index >= 15 is 0 Å². The number of rotatable bonds is 20. The second-order valence-corrected chi connectivity index (χ2v) is 37.3. The van der Waals surface area contributed by atoms with Gasteiger partial charge in [0.15, 0.2) is 17.3 Å². The van der Waals surface area contributed by atoms with E-state index in [1.165, 1.54) is 76.5 Å². The van der Waals surface area contributed by atoms with Crippen molar-refractivity contribution in [1.82, 2.24) is 35.6 Å². The lowest BCUT2D eigenvalue weighted by Gasteiger charge is -2.39. The van der Waals surface area contributed by atoms with Crippen molar-refractivity contribution in [3.05, 3.63) is 96.6 Å². The highest BCUT2D eigenvalue weighted by molar-refractivity contribution is 7.89. The van der Waals surface area contributed by atoms with Gasteiger partial charge in [0, 0.05) is 157 Å². The Kier molecular flexibility index (Phi) is 27.8. The number of nitrogens with zero attached hydrogens (tertiary/aromatic N) is 12. The normalized spacial score (nSPS) is 23.8. The first-order valence-electron chi connectivity index (χ1n) is 36.9. The molecule has 6 aliphatic rings. The number of hydrogen-bond acceptors (Lipinski definition) is 16. The van der Waals surface area contributed by atoms with E-state index in [4.69, 9.17) is 4.74 Å². The van der Waals surface area contributed by atoms with Gasteiger partial charge in [0.05, 0.1) is 28.3 Å². The van der Waals surface area contributed by atoms with E-state index in [1.54, 1.807) is 52.3 Å². The summed E-state index contributed by atoms with van der Waals surface area (Å²) in [6, 6.07) is 22.1. The first-order valence-corrected chi connectivity index (χ1v) is 42.6. The molecule has 0 aromatic heterocycles. The summed E-state index contributed by atoms with van der Waals surface area (Å²) in [6.45, 7) is 10.7. The van der Waals surface area contributed by atoms with Gasteiger partial charge in [-0.2, -0.15) is 47.1 Å². The molecule has 0 amide bonds. The topological polar surface area (TPSA) is 194 Å². The Hall–Kier alpha value is -5.19. The first-order chi connectivity index (χ1) is 49.0. The van der Waals surface area contributed by atoms with Crippen molar-refractivity contribution in [2.45, 2.75) is 113 Å². The molecular weight excluding hydrogens is 1420 g/mol. The van der Waals surface area contributed by atoms with Gasteiger partial charge in [-0.1, -0.05) is 51.7 Å². The third-order valence-corrected chi connectivity index (χ3v) is 29.2. The standard InChI is InChI=1S/C72H109F5N12O10S4/c1-57-50-86(100(90,91)64-27-23-62(24-28-64)78(3)4)38-14-34-81(36-16-40-89(53-57)103(96,97)85-47-43-83(44-48-85)68-32-31-66(73)70(74)71(68)98-6)56-61-20-12-19-60(49-61)54-79(5)63-25-29-65(30-26-63)101(92,93)87-37-13-33-80(55-59-17-8-7-9-18-59)35-15-39-88(52-58(2)51-87)102(94,95)84-45-41-82(42-46-84)67-21-10-11-22-69(67)99-72(75,76)77/h10-11,21-32,57-61H,7-9,12-20,33-56H2,1-6H3/t57-,58-,60?,61?/m0/s1. The van der Waals surface area contributed by atoms with E-state index in [0.29, 0.717) is 75.3 Å². The van der Waals surface area contributed by atoms with Crippen LogP contribution < -0.4 is 29.1 Å². The smallest absolute Gasteiger partial charge is 0.491 e. The number of piperazine rings is 2. The minimum Gasteiger partial charge on any atom is -0.491 e. The molecule has 4 aliphatic heterocycles. The maximum absolute atomic E-state index is 15.0. The van der Waals surface area contributed by atoms with Crippen LogP contribution in [0.5, 0.6) is 11.5 Å². The van der Waals surface area contributed by atoms with Crippen molar-refractivity contribution in [2.75, 3.05) is 198 Å². The molecule has 0 N–H and O–H groups in total. The van der Waals surface area contributed by atoms with Crippen LogP contribution in [0.15, 0.2) is 94.7 Å². The Morgan fingerprint density at radius 1 is 0.456 bits per heavy atom. The van der Waals surface area contributed by atoms with E-state index in [2.05, 4.69) is 19.4 Å². The summed E-state index contributed by atoms with van der Waals surface area (Å²) < 4.78 is 206. The number of halogens is 5. The summed E-state index contributed by atoms with van der Waals surface area (Å²) in [5.74, 6) is -2.43. The van der Waals surface area contributed by atoms with Crippen molar-refractivity contribution in [2.24, 2.45) is 29.6 Å². The molecular formula is C72H109F5N12O10S4. The van der Waals surface area contributed by atoms with Gasteiger partial charge in [0.1, 0.15) is 0 Å². The van der Waals surface area contributed by atoms with Crippen LogP contribution in [0.1, 0.15) is 97.3 Å². The Labute approximate surface area is 610 Å². The molecule has 4 aromatic rings.